The molecule has 3 heterocycles. The van der Waals surface area contributed by atoms with Gasteiger partial charge < -0.3 is 24.6 Å². The van der Waals surface area contributed by atoms with Crippen molar-refractivity contribution in [3.8, 4) is 11.1 Å². The van der Waals surface area contributed by atoms with Gasteiger partial charge in [-0.2, -0.15) is 0 Å². The molecule has 2 saturated heterocycles. The van der Waals surface area contributed by atoms with Gasteiger partial charge in [0.2, 0.25) is 0 Å². The van der Waals surface area contributed by atoms with Crippen LogP contribution in [0.15, 0.2) is 97.3 Å². The number of ether oxygens (including phenoxy) is 3. The summed E-state index contributed by atoms with van der Waals surface area (Å²) in [5, 5.41) is 12.5. The lowest BCUT2D eigenvalue weighted by Crippen LogP contribution is -2.47. The zero-order valence-corrected chi connectivity index (χ0v) is 25.0. The molecule has 2 fully saturated rings. The molecule has 1 amide bonds. The Morgan fingerprint density at radius 2 is 1.68 bits per heavy atom. The van der Waals surface area contributed by atoms with Crippen LogP contribution in [0.4, 0.5) is 0 Å². The molecule has 4 aromatic rings. The number of benzene rings is 3. The zero-order chi connectivity index (χ0) is 30.3. The third kappa shape index (κ3) is 7.23. The molecular formula is C36H39N3O5. The molecule has 0 saturated carbocycles. The van der Waals surface area contributed by atoms with E-state index in [2.05, 4.69) is 70.7 Å². The highest BCUT2D eigenvalue weighted by Crippen LogP contribution is 2.42. The summed E-state index contributed by atoms with van der Waals surface area (Å²) in [6.07, 6.45) is 2.53. The summed E-state index contributed by atoms with van der Waals surface area (Å²) >= 11 is 0. The Hall–Kier alpha value is -3.92. The van der Waals surface area contributed by atoms with Crippen LogP contribution in [0.25, 0.3) is 11.1 Å². The normalized spacial score (nSPS) is 22.4. The van der Waals surface area contributed by atoms with E-state index in [9.17, 15) is 9.90 Å². The molecule has 2 N–H and O–H groups in total. The van der Waals surface area contributed by atoms with Crippen molar-refractivity contribution >= 4 is 5.91 Å². The topological polar surface area (TPSA) is 93.2 Å². The Morgan fingerprint density at radius 1 is 0.909 bits per heavy atom. The summed E-state index contributed by atoms with van der Waals surface area (Å²) < 4.78 is 18.9. The third-order valence-corrected chi connectivity index (χ3v) is 8.49. The maximum atomic E-state index is 12.5. The molecular weight excluding hydrogens is 554 g/mol. The predicted octanol–water partition coefficient (Wildman–Crippen LogP) is 5.29. The second-order valence-corrected chi connectivity index (χ2v) is 11.5. The first-order valence-electron chi connectivity index (χ1n) is 15.3. The average Bonchev–Trinajstić information content (AvgIpc) is 3.09. The van der Waals surface area contributed by atoms with Crippen LogP contribution in [0.5, 0.6) is 0 Å². The van der Waals surface area contributed by atoms with E-state index in [0.29, 0.717) is 12.1 Å². The number of morpholine rings is 1. The van der Waals surface area contributed by atoms with Crippen LogP contribution < -0.4 is 5.32 Å². The van der Waals surface area contributed by atoms with Gasteiger partial charge in [-0.15, -0.1) is 0 Å². The minimum Gasteiger partial charge on any atom is -0.392 e. The first kappa shape index (κ1) is 30.1. The molecule has 2 aliphatic rings. The van der Waals surface area contributed by atoms with Gasteiger partial charge in [-0.1, -0.05) is 73.7 Å². The zero-order valence-electron chi connectivity index (χ0n) is 25.0. The fourth-order valence-electron chi connectivity index (χ4n) is 5.84. The van der Waals surface area contributed by atoms with Crippen LogP contribution in [0.2, 0.25) is 0 Å². The number of aliphatic hydroxyl groups excluding tert-OH is 1. The molecule has 2 aliphatic heterocycles. The Bertz CT molecular complexity index is 1510. The first-order valence-corrected chi connectivity index (χ1v) is 15.3. The van der Waals surface area contributed by atoms with Crippen LogP contribution in [-0.2, 0) is 27.4 Å². The molecule has 0 radical (unpaired) electrons. The van der Waals surface area contributed by atoms with Gasteiger partial charge in [-0.05, 0) is 46.0 Å². The van der Waals surface area contributed by atoms with E-state index in [-0.39, 0.29) is 30.6 Å². The van der Waals surface area contributed by atoms with Gasteiger partial charge in [-0.25, -0.2) is 0 Å². The standard InChI is InChI=1S/C36H39N3O5/c1-25-33(23-39-16-18-42-19-17-39)43-36(44-34(25)29-9-7-26(24-40)8-10-29)30-13-11-28(12-14-30)31-5-2-4-27(20-31)21-38-35(41)32-6-3-15-37-22-32/h2-15,20,22,25,33-34,36,40H,16-19,21,23-24H2,1H3,(H,38,41). The number of nitrogens with zero attached hydrogens (tertiary/aromatic N) is 2. The van der Waals surface area contributed by atoms with Gasteiger partial charge in [-0.3, -0.25) is 14.7 Å². The molecule has 3 aromatic carbocycles. The van der Waals surface area contributed by atoms with Gasteiger partial charge in [0.15, 0.2) is 6.29 Å². The van der Waals surface area contributed by atoms with Crippen molar-refractivity contribution in [3.05, 3.63) is 125 Å². The molecule has 6 rings (SSSR count). The Kier molecular flexibility index (Phi) is 9.75. The maximum Gasteiger partial charge on any atom is 0.253 e. The molecule has 0 aliphatic carbocycles. The molecule has 228 valence electrons. The third-order valence-electron chi connectivity index (χ3n) is 8.49. The highest BCUT2D eigenvalue weighted by molar-refractivity contribution is 5.93. The van der Waals surface area contributed by atoms with Gasteiger partial charge in [0.05, 0.1) is 37.6 Å². The van der Waals surface area contributed by atoms with E-state index in [0.717, 1.165) is 66.2 Å². The van der Waals surface area contributed by atoms with Crippen LogP contribution in [-0.4, -0.2) is 59.8 Å². The number of hydrogen-bond donors (Lipinski definition) is 2. The Morgan fingerprint density at radius 3 is 2.41 bits per heavy atom. The van der Waals surface area contributed by atoms with Crippen molar-refractivity contribution in [2.75, 3.05) is 32.8 Å². The minimum absolute atomic E-state index is 0.0159. The predicted molar refractivity (Wildman–Crippen MR) is 168 cm³/mol. The van der Waals surface area contributed by atoms with Crippen molar-refractivity contribution in [1.29, 1.82) is 0 Å². The lowest BCUT2D eigenvalue weighted by molar-refractivity contribution is -0.277. The van der Waals surface area contributed by atoms with E-state index in [1.54, 1.807) is 24.5 Å². The number of rotatable bonds is 9. The molecule has 4 unspecified atom stereocenters. The van der Waals surface area contributed by atoms with E-state index in [4.69, 9.17) is 14.2 Å². The number of carbonyl (C=O) groups excluding carboxylic acids is 1. The van der Waals surface area contributed by atoms with Gasteiger partial charge >= 0.3 is 0 Å². The molecule has 44 heavy (non-hydrogen) atoms. The second kappa shape index (κ2) is 14.2. The van der Waals surface area contributed by atoms with Crippen molar-refractivity contribution < 1.29 is 24.1 Å². The largest absolute Gasteiger partial charge is 0.392 e. The maximum absolute atomic E-state index is 12.5. The van der Waals surface area contributed by atoms with Crippen molar-refractivity contribution in [2.45, 2.75) is 38.6 Å². The summed E-state index contributed by atoms with van der Waals surface area (Å²) in [6, 6.07) is 28.0. The summed E-state index contributed by atoms with van der Waals surface area (Å²) in [5.41, 5.74) is 6.61. The van der Waals surface area contributed by atoms with Crippen LogP contribution in [0.3, 0.4) is 0 Å². The fourth-order valence-corrected chi connectivity index (χ4v) is 5.84. The van der Waals surface area contributed by atoms with Crippen molar-refractivity contribution in [1.82, 2.24) is 15.2 Å². The number of aliphatic hydroxyl groups is 1. The average molecular weight is 594 g/mol. The summed E-state index contributed by atoms with van der Waals surface area (Å²) in [7, 11) is 0. The fraction of sp³-hybridized carbons (Fsp3) is 0.333. The van der Waals surface area contributed by atoms with Gasteiger partial charge in [0.25, 0.3) is 5.91 Å². The van der Waals surface area contributed by atoms with E-state index < -0.39 is 6.29 Å². The number of carbonyl (C=O) groups is 1. The lowest BCUT2D eigenvalue weighted by Gasteiger charge is -2.43. The van der Waals surface area contributed by atoms with Gasteiger partial charge in [0.1, 0.15) is 0 Å². The molecule has 0 bridgehead atoms. The molecule has 8 nitrogen and oxygen atoms in total. The minimum atomic E-state index is -0.511. The second-order valence-electron chi connectivity index (χ2n) is 11.5. The van der Waals surface area contributed by atoms with E-state index in [1.807, 2.05) is 24.3 Å². The monoisotopic (exact) mass is 593 g/mol. The van der Waals surface area contributed by atoms with Crippen molar-refractivity contribution in [3.63, 3.8) is 0 Å². The van der Waals surface area contributed by atoms with Crippen molar-refractivity contribution in [2.24, 2.45) is 5.92 Å². The number of amides is 1. The summed E-state index contributed by atoms with van der Waals surface area (Å²) in [5.74, 6) is -0.0149. The first-order chi connectivity index (χ1) is 21.6. The van der Waals surface area contributed by atoms with E-state index in [1.165, 1.54) is 0 Å². The Labute approximate surface area is 258 Å². The molecule has 8 heteroatoms. The number of pyridine rings is 1. The number of aromatic nitrogens is 1. The van der Waals surface area contributed by atoms with E-state index >= 15 is 0 Å². The summed E-state index contributed by atoms with van der Waals surface area (Å²) in [6.45, 7) is 6.73. The Balaban J connectivity index is 1.17. The lowest BCUT2D eigenvalue weighted by atomic mass is 9.90. The quantitative estimate of drug-likeness (QED) is 0.272. The highest BCUT2D eigenvalue weighted by Gasteiger charge is 2.39. The smallest absolute Gasteiger partial charge is 0.253 e. The molecule has 4 atom stereocenters. The highest BCUT2D eigenvalue weighted by atomic mass is 16.7. The van der Waals surface area contributed by atoms with Crippen LogP contribution >= 0.6 is 0 Å². The molecule has 1 aromatic heterocycles. The summed E-state index contributed by atoms with van der Waals surface area (Å²) in [4.78, 5) is 18.9. The van der Waals surface area contributed by atoms with Crippen LogP contribution in [0, 0.1) is 5.92 Å². The number of hydrogen-bond acceptors (Lipinski definition) is 7. The molecule has 0 spiro atoms. The number of nitrogens with one attached hydrogen (secondary N) is 1. The van der Waals surface area contributed by atoms with Crippen LogP contribution in [0.1, 0.15) is 51.9 Å². The van der Waals surface area contributed by atoms with Gasteiger partial charge in [0, 0.05) is 50.1 Å². The SMILES string of the molecule is CC1C(CN2CCOCC2)OC(c2ccc(-c3cccc(CNC(=O)c4cccnc4)c3)cc2)OC1c1ccc(CO)cc1.